The molecule has 1 aromatic heterocycles. The fraction of sp³-hybridized carbons (Fsp3) is 0.500. The van der Waals surface area contributed by atoms with Crippen LogP contribution in [0.5, 0.6) is 0 Å². The molecule has 0 spiro atoms. The fourth-order valence-electron chi connectivity index (χ4n) is 2.22. The van der Waals surface area contributed by atoms with Crippen LogP contribution in [-0.4, -0.2) is 47.8 Å². The lowest BCUT2D eigenvalue weighted by molar-refractivity contribution is 0.0948. The van der Waals surface area contributed by atoms with Crippen LogP contribution < -0.4 is 10.6 Å². The number of hydrogen-bond donors (Lipinski definition) is 2. The largest absolute Gasteiger partial charge is 0.459 e. The summed E-state index contributed by atoms with van der Waals surface area (Å²) in [7, 11) is 0. The van der Waals surface area contributed by atoms with Crippen LogP contribution in [0.15, 0.2) is 22.8 Å². The Balaban J connectivity index is 1.72. The number of ether oxygens (including phenoxy) is 1. The van der Waals surface area contributed by atoms with E-state index >= 15 is 0 Å². The highest BCUT2D eigenvalue weighted by atomic mass is 32.1. The van der Waals surface area contributed by atoms with Gasteiger partial charge >= 0.3 is 6.09 Å². The average molecular weight is 325 g/mol. The minimum Gasteiger partial charge on any atom is -0.459 e. The lowest BCUT2D eigenvalue weighted by atomic mass is 10.1. The molecular formula is C14H19N3O4S. The summed E-state index contributed by atoms with van der Waals surface area (Å²) in [5, 5.41) is 5.91. The van der Waals surface area contributed by atoms with Crippen molar-refractivity contribution in [2.45, 2.75) is 25.8 Å². The average Bonchev–Trinajstić information content (AvgIpc) is 3.02. The summed E-state index contributed by atoms with van der Waals surface area (Å²) in [6.45, 7) is 3.36. The second-order valence-corrected chi connectivity index (χ2v) is 5.27. The fourth-order valence-corrected chi connectivity index (χ4v) is 2.47. The van der Waals surface area contributed by atoms with E-state index in [0.717, 1.165) is 12.8 Å². The van der Waals surface area contributed by atoms with E-state index < -0.39 is 0 Å². The summed E-state index contributed by atoms with van der Waals surface area (Å²) < 4.78 is 9.96. The van der Waals surface area contributed by atoms with Crippen LogP contribution in [0.25, 0.3) is 0 Å². The number of nitrogens with one attached hydrogen (secondary N) is 2. The van der Waals surface area contributed by atoms with Crippen molar-refractivity contribution in [1.29, 1.82) is 0 Å². The second-order valence-electron chi connectivity index (χ2n) is 4.87. The molecule has 1 aliphatic heterocycles. The van der Waals surface area contributed by atoms with E-state index in [1.807, 2.05) is 0 Å². The van der Waals surface area contributed by atoms with Gasteiger partial charge in [-0.2, -0.15) is 0 Å². The first kappa shape index (κ1) is 16.3. The highest BCUT2D eigenvalue weighted by molar-refractivity contribution is 7.80. The number of thiocarbonyl (C=S) groups is 1. The van der Waals surface area contributed by atoms with Crippen LogP contribution in [0.3, 0.4) is 0 Å². The van der Waals surface area contributed by atoms with Crippen molar-refractivity contribution >= 4 is 29.3 Å². The number of piperidine rings is 1. The molecule has 0 bridgehead atoms. The first-order chi connectivity index (χ1) is 10.6. The van der Waals surface area contributed by atoms with Gasteiger partial charge in [-0.3, -0.25) is 10.1 Å². The molecule has 0 saturated carbocycles. The first-order valence-corrected chi connectivity index (χ1v) is 7.58. The lowest BCUT2D eigenvalue weighted by Crippen LogP contribution is -2.50. The van der Waals surface area contributed by atoms with Crippen LogP contribution >= 0.6 is 12.2 Å². The van der Waals surface area contributed by atoms with Crippen molar-refractivity contribution < 1.29 is 18.7 Å². The molecule has 2 amide bonds. The molecule has 0 aromatic carbocycles. The Morgan fingerprint density at radius 2 is 2.18 bits per heavy atom. The van der Waals surface area contributed by atoms with Crippen molar-refractivity contribution in [2.24, 2.45) is 0 Å². The highest BCUT2D eigenvalue weighted by Crippen LogP contribution is 2.11. The van der Waals surface area contributed by atoms with E-state index in [1.165, 1.54) is 6.26 Å². The van der Waals surface area contributed by atoms with Gasteiger partial charge in [0.15, 0.2) is 10.9 Å². The molecule has 7 nitrogen and oxygen atoms in total. The molecule has 0 unspecified atom stereocenters. The third-order valence-electron chi connectivity index (χ3n) is 3.33. The Kier molecular flexibility index (Phi) is 5.76. The van der Waals surface area contributed by atoms with Gasteiger partial charge in [-0.05, 0) is 44.1 Å². The number of rotatable bonds is 3. The van der Waals surface area contributed by atoms with Gasteiger partial charge in [0.1, 0.15) is 0 Å². The van der Waals surface area contributed by atoms with E-state index in [0.29, 0.717) is 19.7 Å². The smallest absolute Gasteiger partial charge is 0.409 e. The number of hydrogen-bond acceptors (Lipinski definition) is 5. The Hall–Kier alpha value is -2.09. The van der Waals surface area contributed by atoms with E-state index in [9.17, 15) is 9.59 Å². The van der Waals surface area contributed by atoms with Crippen molar-refractivity contribution in [3.8, 4) is 0 Å². The molecule has 22 heavy (non-hydrogen) atoms. The van der Waals surface area contributed by atoms with Crippen LogP contribution in [0.1, 0.15) is 30.3 Å². The predicted octanol–water partition coefficient (Wildman–Crippen LogP) is 1.50. The van der Waals surface area contributed by atoms with Gasteiger partial charge in [0.2, 0.25) is 0 Å². The third kappa shape index (κ3) is 4.45. The van der Waals surface area contributed by atoms with Crippen LogP contribution in [0.4, 0.5) is 4.79 Å². The maximum atomic E-state index is 11.8. The Morgan fingerprint density at radius 1 is 1.45 bits per heavy atom. The summed E-state index contributed by atoms with van der Waals surface area (Å²) >= 11 is 5.12. The standard InChI is InChI=1S/C14H19N3O4S/c1-2-20-14(19)17-7-5-10(6-8-17)15-13(22)16-12(18)11-4-3-9-21-11/h3-4,9-10H,2,5-8H2,1H3,(H2,15,16,18,22). The van der Waals surface area contributed by atoms with Crippen molar-refractivity contribution in [3.05, 3.63) is 24.2 Å². The summed E-state index contributed by atoms with van der Waals surface area (Å²) in [6.07, 6.45) is 2.64. The van der Waals surface area contributed by atoms with E-state index in [4.69, 9.17) is 21.4 Å². The molecule has 0 radical (unpaired) electrons. The number of furan rings is 1. The van der Waals surface area contributed by atoms with E-state index in [1.54, 1.807) is 24.0 Å². The summed E-state index contributed by atoms with van der Waals surface area (Å²) in [4.78, 5) is 25.0. The molecule has 0 atom stereocenters. The normalized spacial score (nSPS) is 15.2. The number of likely N-dealkylation sites (tertiary alicyclic amines) is 1. The Morgan fingerprint density at radius 3 is 2.77 bits per heavy atom. The van der Waals surface area contributed by atoms with Gasteiger partial charge in [-0.15, -0.1) is 0 Å². The summed E-state index contributed by atoms with van der Waals surface area (Å²) in [5.74, 6) is -0.173. The van der Waals surface area contributed by atoms with Gasteiger partial charge in [-0.25, -0.2) is 4.79 Å². The topological polar surface area (TPSA) is 83.8 Å². The Labute approximate surface area is 134 Å². The second kappa shape index (κ2) is 7.79. The molecular weight excluding hydrogens is 306 g/mol. The van der Waals surface area contributed by atoms with Crippen molar-refractivity contribution in [2.75, 3.05) is 19.7 Å². The highest BCUT2D eigenvalue weighted by Gasteiger charge is 2.24. The van der Waals surface area contributed by atoms with E-state index in [-0.39, 0.29) is 28.9 Å². The summed E-state index contributed by atoms with van der Waals surface area (Å²) in [6, 6.07) is 3.32. The van der Waals surface area contributed by atoms with Gasteiger partial charge in [-0.1, -0.05) is 0 Å². The molecule has 8 heteroatoms. The number of carbonyl (C=O) groups excluding carboxylic acids is 2. The van der Waals surface area contributed by atoms with E-state index in [2.05, 4.69) is 10.6 Å². The Bertz CT molecular complexity index is 524. The van der Waals surface area contributed by atoms with Gasteiger partial charge in [0.25, 0.3) is 5.91 Å². The maximum Gasteiger partial charge on any atom is 0.409 e. The zero-order valence-electron chi connectivity index (χ0n) is 12.3. The van der Waals surface area contributed by atoms with Crippen LogP contribution in [0, 0.1) is 0 Å². The SMILES string of the molecule is CCOC(=O)N1CCC(NC(=S)NC(=O)c2ccco2)CC1. The number of carbonyl (C=O) groups is 2. The minimum absolute atomic E-state index is 0.120. The first-order valence-electron chi connectivity index (χ1n) is 7.17. The molecule has 2 heterocycles. The quantitative estimate of drug-likeness (QED) is 0.820. The zero-order valence-corrected chi connectivity index (χ0v) is 13.1. The maximum absolute atomic E-state index is 11.8. The molecule has 1 aliphatic rings. The van der Waals surface area contributed by atoms with Crippen molar-refractivity contribution in [1.82, 2.24) is 15.5 Å². The van der Waals surface area contributed by atoms with Gasteiger partial charge in [0.05, 0.1) is 12.9 Å². The monoisotopic (exact) mass is 325 g/mol. The molecule has 1 saturated heterocycles. The lowest BCUT2D eigenvalue weighted by Gasteiger charge is -2.32. The van der Waals surface area contributed by atoms with Gasteiger partial charge < -0.3 is 19.4 Å². The molecule has 1 aromatic rings. The number of amides is 2. The van der Waals surface area contributed by atoms with Gasteiger partial charge in [0, 0.05) is 19.1 Å². The molecule has 120 valence electrons. The molecule has 2 rings (SSSR count). The van der Waals surface area contributed by atoms with Crippen molar-refractivity contribution in [3.63, 3.8) is 0 Å². The van der Waals surface area contributed by atoms with Crippen LogP contribution in [0.2, 0.25) is 0 Å². The van der Waals surface area contributed by atoms with Crippen LogP contribution in [-0.2, 0) is 4.74 Å². The molecule has 1 fully saturated rings. The third-order valence-corrected chi connectivity index (χ3v) is 3.55. The summed E-state index contributed by atoms with van der Waals surface area (Å²) in [5.41, 5.74) is 0. The molecule has 2 N–H and O–H groups in total. The molecule has 0 aliphatic carbocycles. The predicted molar refractivity (Wildman–Crippen MR) is 83.5 cm³/mol. The number of nitrogens with zero attached hydrogens (tertiary/aromatic N) is 1. The minimum atomic E-state index is -0.383. The zero-order chi connectivity index (χ0) is 15.9.